The summed E-state index contributed by atoms with van der Waals surface area (Å²) in [5.41, 5.74) is 3.00. The average molecular weight is 203 g/mol. The number of aromatic nitrogens is 1. The number of hydrogen-bond acceptors (Lipinski definition) is 3. The van der Waals surface area contributed by atoms with E-state index in [1.54, 1.807) is 12.3 Å². The Morgan fingerprint density at radius 1 is 1.70 bits per heavy atom. The third kappa shape index (κ3) is 1.46. The Bertz CT molecular complexity index is 239. The van der Waals surface area contributed by atoms with E-state index in [0.29, 0.717) is 5.82 Å². The van der Waals surface area contributed by atoms with Crippen molar-refractivity contribution in [3.63, 3.8) is 0 Å². The summed E-state index contributed by atoms with van der Waals surface area (Å²) in [6.07, 6.45) is 1.63. The molecule has 2 N–H and O–H groups in total. The van der Waals surface area contributed by atoms with Crippen LogP contribution in [0.3, 0.4) is 0 Å². The molecule has 0 bridgehead atoms. The Hall–Kier alpha value is -0.610. The minimum Gasteiger partial charge on any atom is -0.290 e. The van der Waals surface area contributed by atoms with Gasteiger partial charge in [0.1, 0.15) is 5.82 Å². The summed E-state index contributed by atoms with van der Waals surface area (Å²) in [5.74, 6) is 0.459. The highest BCUT2D eigenvalue weighted by molar-refractivity contribution is 9.10. The van der Waals surface area contributed by atoms with E-state index in [1.807, 2.05) is 12.4 Å². The maximum absolute atomic E-state index is 8.43. The molecule has 1 rings (SSSR count). The zero-order valence-corrected chi connectivity index (χ0v) is 7.01. The predicted molar refractivity (Wildman–Crippen MR) is 42.1 cm³/mol. The average Bonchev–Trinajstić information content (AvgIpc) is 1.95. The molecule has 0 aromatic carbocycles. The molecule has 1 aromatic rings. The third-order valence-electron chi connectivity index (χ3n) is 1.16. The number of halogens is 1. The fourth-order valence-corrected chi connectivity index (χ4v) is 0.817. The van der Waals surface area contributed by atoms with Gasteiger partial charge in [0.15, 0.2) is 0 Å². The highest BCUT2D eigenvalue weighted by Crippen LogP contribution is 2.16. The van der Waals surface area contributed by atoms with E-state index >= 15 is 0 Å². The maximum atomic E-state index is 8.43. The lowest BCUT2D eigenvalue weighted by Crippen LogP contribution is -1.92. The summed E-state index contributed by atoms with van der Waals surface area (Å²) in [6, 6.07) is 1.74. The molecule has 54 valence electrons. The molecule has 3 nitrogen and oxygen atoms in total. The van der Waals surface area contributed by atoms with E-state index in [1.165, 1.54) is 0 Å². The van der Waals surface area contributed by atoms with Crippen molar-refractivity contribution in [1.29, 1.82) is 0 Å². The van der Waals surface area contributed by atoms with Gasteiger partial charge in [0.25, 0.3) is 0 Å². The minimum absolute atomic E-state index is 0.459. The SMILES string of the molecule is Cc1cc(NO)ncc1Br. The van der Waals surface area contributed by atoms with Gasteiger partial charge in [-0.1, -0.05) is 0 Å². The van der Waals surface area contributed by atoms with E-state index in [-0.39, 0.29) is 0 Å². The molecule has 1 heterocycles. The van der Waals surface area contributed by atoms with Gasteiger partial charge in [-0.05, 0) is 34.5 Å². The first kappa shape index (κ1) is 7.50. The summed E-state index contributed by atoms with van der Waals surface area (Å²) in [6.45, 7) is 1.92. The van der Waals surface area contributed by atoms with Crippen LogP contribution < -0.4 is 5.48 Å². The van der Waals surface area contributed by atoms with Crippen LogP contribution in [-0.2, 0) is 0 Å². The first-order valence-electron chi connectivity index (χ1n) is 2.76. The zero-order valence-electron chi connectivity index (χ0n) is 5.43. The molecule has 1 aromatic heterocycles. The van der Waals surface area contributed by atoms with Crippen molar-refractivity contribution in [2.45, 2.75) is 6.92 Å². The molecule has 0 fully saturated rings. The van der Waals surface area contributed by atoms with E-state index in [9.17, 15) is 0 Å². The lowest BCUT2D eigenvalue weighted by atomic mass is 10.3. The molecule has 0 aliphatic carbocycles. The number of hydrogen-bond donors (Lipinski definition) is 2. The van der Waals surface area contributed by atoms with E-state index in [2.05, 4.69) is 20.9 Å². The molecule has 0 aliphatic heterocycles. The summed E-state index contributed by atoms with van der Waals surface area (Å²) in [4.78, 5) is 3.85. The molecule has 0 saturated carbocycles. The fourth-order valence-electron chi connectivity index (χ4n) is 0.600. The molecule has 0 atom stereocenters. The van der Waals surface area contributed by atoms with Crippen molar-refractivity contribution in [3.8, 4) is 0 Å². The second kappa shape index (κ2) is 2.98. The van der Waals surface area contributed by atoms with Crippen LogP contribution in [0.25, 0.3) is 0 Å². The topological polar surface area (TPSA) is 45.1 Å². The first-order chi connectivity index (χ1) is 4.74. The molecular weight excluding hydrogens is 196 g/mol. The van der Waals surface area contributed by atoms with Gasteiger partial charge in [0, 0.05) is 10.7 Å². The van der Waals surface area contributed by atoms with Gasteiger partial charge in [-0.2, -0.15) is 0 Å². The van der Waals surface area contributed by atoms with Crippen molar-refractivity contribution in [2.24, 2.45) is 0 Å². The Labute approximate surface area is 67.2 Å². The van der Waals surface area contributed by atoms with E-state index in [0.717, 1.165) is 10.0 Å². The van der Waals surface area contributed by atoms with Crippen LogP contribution in [0.5, 0.6) is 0 Å². The van der Waals surface area contributed by atoms with Crippen LogP contribution in [0, 0.1) is 6.92 Å². The number of nitrogens with zero attached hydrogens (tertiary/aromatic N) is 1. The Morgan fingerprint density at radius 3 is 2.90 bits per heavy atom. The highest BCUT2D eigenvalue weighted by Gasteiger charge is 1.95. The molecule has 0 aliphatic rings. The molecular formula is C6H7BrN2O. The molecule has 0 amide bonds. The third-order valence-corrected chi connectivity index (χ3v) is 1.99. The minimum atomic E-state index is 0.459. The van der Waals surface area contributed by atoms with Crippen molar-refractivity contribution in [2.75, 3.05) is 5.48 Å². The number of anilines is 1. The number of rotatable bonds is 1. The van der Waals surface area contributed by atoms with Gasteiger partial charge in [-0.25, -0.2) is 4.98 Å². The number of aryl methyl sites for hydroxylation is 1. The van der Waals surface area contributed by atoms with Gasteiger partial charge in [0.2, 0.25) is 0 Å². The molecule has 10 heavy (non-hydrogen) atoms. The van der Waals surface area contributed by atoms with Gasteiger partial charge in [-0.3, -0.25) is 10.7 Å². The van der Waals surface area contributed by atoms with Gasteiger partial charge in [0.05, 0.1) is 0 Å². The summed E-state index contributed by atoms with van der Waals surface area (Å²) in [5, 5.41) is 8.43. The van der Waals surface area contributed by atoms with Crippen molar-refractivity contribution in [3.05, 3.63) is 22.3 Å². The van der Waals surface area contributed by atoms with Crippen LogP contribution in [0.4, 0.5) is 5.82 Å². The van der Waals surface area contributed by atoms with Crippen LogP contribution in [0.2, 0.25) is 0 Å². The fraction of sp³-hybridized carbons (Fsp3) is 0.167. The maximum Gasteiger partial charge on any atom is 0.149 e. The quantitative estimate of drug-likeness (QED) is 0.685. The second-order valence-electron chi connectivity index (χ2n) is 1.93. The zero-order chi connectivity index (χ0) is 7.56. The summed E-state index contributed by atoms with van der Waals surface area (Å²) >= 11 is 3.29. The van der Waals surface area contributed by atoms with Crippen molar-refractivity contribution in [1.82, 2.24) is 4.98 Å². The van der Waals surface area contributed by atoms with Crippen LogP contribution in [0.15, 0.2) is 16.7 Å². The number of pyridine rings is 1. The summed E-state index contributed by atoms with van der Waals surface area (Å²) < 4.78 is 0.937. The van der Waals surface area contributed by atoms with E-state index in [4.69, 9.17) is 5.21 Å². The van der Waals surface area contributed by atoms with Crippen LogP contribution in [-0.4, -0.2) is 10.2 Å². The van der Waals surface area contributed by atoms with Gasteiger partial charge < -0.3 is 0 Å². The summed E-state index contributed by atoms with van der Waals surface area (Å²) in [7, 11) is 0. The number of nitrogens with one attached hydrogen (secondary N) is 1. The molecule has 0 spiro atoms. The molecule has 0 radical (unpaired) electrons. The smallest absolute Gasteiger partial charge is 0.149 e. The van der Waals surface area contributed by atoms with Crippen molar-refractivity contribution >= 4 is 21.7 Å². The monoisotopic (exact) mass is 202 g/mol. The van der Waals surface area contributed by atoms with Crippen LogP contribution in [0.1, 0.15) is 5.56 Å². The lowest BCUT2D eigenvalue weighted by Gasteiger charge is -1.99. The van der Waals surface area contributed by atoms with Gasteiger partial charge >= 0.3 is 0 Å². The Morgan fingerprint density at radius 2 is 2.40 bits per heavy atom. The van der Waals surface area contributed by atoms with Crippen molar-refractivity contribution < 1.29 is 5.21 Å². The van der Waals surface area contributed by atoms with Gasteiger partial charge in [-0.15, -0.1) is 0 Å². The predicted octanol–water partition coefficient (Wildman–Crippen LogP) is 1.95. The molecule has 0 saturated heterocycles. The largest absolute Gasteiger partial charge is 0.290 e. The van der Waals surface area contributed by atoms with E-state index < -0.39 is 0 Å². The Balaban J connectivity index is 3.04. The first-order valence-corrected chi connectivity index (χ1v) is 3.55. The Kier molecular flexibility index (Phi) is 2.24. The standard InChI is InChI=1S/C6H7BrN2O/c1-4-2-6(9-10)8-3-5(4)7/h2-3,10H,1H3,(H,8,9). The second-order valence-corrected chi connectivity index (χ2v) is 2.78. The molecule has 4 heteroatoms. The highest BCUT2D eigenvalue weighted by atomic mass is 79.9. The lowest BCUT2D eigenvalue weighted by molar-refractivity contribution is 0.386. The normalized spacial score (nSPS) is 9.50. The van der Waals surface area contributed by atoms with Crippen LogP contribution >= 0.6 is 15.9 Å². The molecule has 0 unspecified atom stereocenters.